The van der Waals surface area contributed by atoms with Gasteiger partial charge in [0.2, 0.25) is 0 Å². The lowest BCUT2D eigenvalue weighted by Gasteiger charge is -2.32. The predicted molar refractivity (Wildman–Crippen MR) is 52.0 cm³/mol. The average Bonchev–Trinajstić information content (AvgIpc) is 1.50. The van der Waals surface area contributed by atoms with Crippen LogP contribution in [0.3, 0.4) is 0 Å². The first-order valence-corrected chi connectivity index (χ1v) is 5.53. The molecule has 0 bridgehead atoms. The van der Waals surface area contributed by atoms with Crippen molar-refractivity contribution in [1.29, 1.82) is 0 Å². The molecule has 0 aromatic carbocycles. The summed E-state index contributed by atoms with van der Waals surface area (Å²) in [6.07, 6.45) is 0.715. The summed E-state index contributed by atoms with van der Waals surface area (Å²) in [6.45, 7) is 7.00. The van der Waals surface area contributed by atoms with Gasteiger partial charge in [-0.2, -0.15) is 8.42 Å². The standard InChI is InChI=1S/C6H15NO.CH4O3S/c1-5(2,7)6(3,4)8;1-5(2,3)4/h8H,7H2,1-4H3;1H3,(H,2,3,4). The van der Waals surface area contributed by atoms with E-state index in [-0.39, 0.29) is 0 Å². The van der Waals surface area contributed by atoms with E-state index in [0.29, 0.717) is 6.26 Å². The average molecular weight is 213 g/mol. The second kappa shape index (κ2) is 4.36. The lowest BCUT2D eigenvalue weighted by atomic mass is 9.87. The molecule has 13 heavy (non-hydrogen) atoms. The molecule has 0 rings (SSSR count). The fraction of sp³-hybridized carbons (Fsp3) is 1.00. The Kier molecular flexibility index (Phi) is 5.14. The smallest absolute Gasteiger partial charge is 0.261 e. The Hall–Kier alpha value is -0.170. The minimum absolute atomic E-state index is 0.507. The molecule has 0 saturated carbocycles. The Morgan fingerprint density at radius 3 is 1.23 bits per heavy atom. The molecule has 6 heteroatoms. The molecule has 82 valence electrons. The first-order valence-electron chi connectivity index (χ1n) is 3.69. The minimum Gasteiger partial charge on any atom is -0.389 e. The number of nitrogens with two attached hydrogens (primary N) is 1. The van der Waals surface area contributed by atoms with Gasteiger partial charge in [-0.15, -0.1) is 0 Å². The van der Waals surface area contributed by atoms with Crippen LogP contribution in [0.25, 0.3) is 0 Å². The van der Waals surface area contributed by atoms with E-state index in [2.05, 4.69) is 0 Å². The normalized spacial score (nSPS) is 13.2. The van der Waals surface area contributed by atoms with Gasteiger partial charge in [0.25, 0.3) is 10.1 Å². The maximum Gasteiger partial charge on any atom is 0.261 e. The molecule has 0 atom stereocenters. The van der Waals surface area contributed by atoms with Crippen molar-refractivity contribution in [3.8, 4) is 0 Å². The fourth-order valence-electron chi connectivity index (χ4n) is 0. The number of rotatable bonds is 1. The molecule has 0 radical (unpaired) electrons. The van der Waals surface area contributed by atoms with Crippen LogP contribution in [0.4, 0.5) is 0 Å². The number of aliphatic hydroxyl groups is 1. The highest BCUT2D eigenvalue weighted by Gasteiger charge is 2.30. The summed E-state index contributed by atoms with van der Waals surface area (Å²) in [5, 5.41) is 9.23. The van der Waals surface area contributed by atoms with Crippen LogP contribution in [0.15, 0.2) is 0 Å². The van der Waals surface area contributed by atoms with E-state index >= 15 is 0 Å². The summed E-state index contributed by atoms with van der Waals surface area (Å²) >= 11 is 0. The molecule has 5 nitrogen and oxygen atoms in total. The van der Waals surface area contributed by atoms with Crippen LogP contribution in [-0.4, -0.2) is 35.5 Å². The highest BCUT2D eigenvalue weighted by Crippen LogP contribution is 2.16. The van der Waals surface area contributed by atoms with E-state index in [1.807, 2.05) is 0 Å². The van der Waals surface area contributed by atoms with Crippen molar-refractivity contribution in [3.63, 3.8) is 0 Å². The van der Waals surface area contributed by atoms with Crippen LogP contribution in [0.5, 0.6) is 0 Å². The lowest BCUT2D eigenvalue weighted by molar-refractivity contribution is 0.0144. The second-order valence-electron chi connectivity index (χ2n) is 4.01. The maximum absolute atomic E-state index is 9.23. The van der Waals surface area contributed by atoms with Crippen LogP contribution in [0.1, 0.15) is 27.7 Å². The monoisotopic (exact) mass is 213 g/mol. The van der Waals surface area contributed by atoms with Crippen molar-refractivity contribution in [1.82, 2.24) is 0 Å². The summed E-state index contributed by atoms with van der Waals surface area (Å²) in [7, 11) is -3.67. The Bertz CT molecular complexity index is 212. The minimum atomic E-state index is -3.67. The first kappa shape index (κ1) is 15.3. The molecule has 0 aromatic heterocycles. The van der Waals surface area contributed by atoms with Gasteiger partial charge in [0, 0.05) is 5.54 Å². The summed E-state index contributed by atoms with van der Waals surface area (Å²) in [4.78, 5) is 0. The zero-order chi connectivity index (χ0) is 11.5. The van der Waals surface area contributed by atoms with Crippen molar-refractivity contribution in [3.05, 3.63) is 0 Å². The Labute approximate surface area is 79.7 Å². The fourth-order valence-corrected chi connectivity index (χ4v) is 0. The third-order valence-electron chi connectivity index (χ3n) is 1.58. The largest absolute Gasteiger partial charge is 0.389 e. The van der Waals surface area contributed by atoms with Crippen LogP contribution in [-0.2, 0) is 10.1 Å². The van der Waals surface area contributed by atoms with Crippen LogP contribution in [0.2, 0.25) is 0 Å². The predicted octanol–water partition coefficient (Wildman–Crippen LogP) is -0.00140. The van der Waals surface area contributed by atoms with Gasteiger partial charge in [0.05, 0.1) is 11.9 Å². The van der Waals surface area contributed by atoms with Gasteiger partial charge >= 0.3 is 0 Å². The zero-order valence-electron chi connectivity index (χ0n) is 8.70. The van der Waals surface area contributed by atoms with Crippen molar-refractivity contribution < 1.29 is 18.1 Å². The number of hydrogen-bond acceptors (Lipinski definition) is 4. The Balaban J connectivity index is 0. The summed E-state index contributed by atoms with van der Waals surface area (Å²) in [5.74, 6) is 0. The summed E-state index contributed by atoms with van der Waals surface area (Å²) < 4.78 is 25.9. The van der Waals surface area contributed by atoms with Gasteiger partial charge in [0.1, 0.15) is 0 Å². The first-order chi connectivity index (χ1) is 5.25. The highest BCUT2D eigenvalue weighted by molar-refractivity contribution is 7.85. The van der Waals surface area contributed by atoms with Gasteiger partial charge in [-0.1, -0.05) is 0 Å². The summed E-state index contributed by atoms with van der Waals surface area (Å²) in [6, 6.07) is 0. The third-order valence-corrected chi connectivity index (χ3v) is 1.58. The van der Waals surface area contributed by atoms with E-state index in [4.69, 9.17) is 10.3 Å². The second-order valence-corrected chi connectivity index (χ2v) is 5.48. The van der Waals surface area contributed by atoms with E-state index < -0.39 is 21.3 Å². The Morgan fingerprint density at radius 2 is 1.23 bits per heavy atom. The van der Waals surface area contributed by atoms with Crippen molar-refractivity contribution in [2.75, 3.05) is 6.26 Å². The van der Waals surface area contributed by atoms with E-state index in [1.54, 1.807) is 27.7 Å². The highest BCUT2D eigenvalue weighted by atomic mass is 32.2. The van der Waals surface area contributed by atoms with Gasteiger partial charge in [-0.25, -0.2) is 0 Å². The van der Waals surface area contributed by atoms with Crippen LogP contribution >= 0.6 is 0 Å². The van der Waals surface area contributed by atoms with Crippen molar-refractivity contribution in [2.45, 2.75) is 38.8 Å². The quantitative estimate of drug-likeness (QED) is 0.532. The molecule has 0 aliphatic heterocycles. The number of hydrogen-bond donors (Lipinski definition) is 3. The van der Waals surface area contributed by atoms with Crippen LogP contribution in [0, 0.1) is 0 Å². The molecule has 0 aromatic rings. The SMILES string of the molecule is CC(C)(N)C(C)(C)O.CS(=O)(=O)O. The summed E-state index contributed by atoms with van der Waals surface area (Å²) in [5.41, 5.74) is 4.27. The van der Waals surface area contributed by atoms with Crippen molar-refractivity contribution in [2.24, 2.45) is 5.73 Å². The molecule has 0 amide bonds. The molecule has 0 heterocycles. The Morgan fingerprint density at radius 1 is 1.15 bits per heavy atom. The van der Waals surface area contributed by atoms with Gasteiger partial charge in [-0.05, 0) is 27.7 Å². The molecule has 4 N–H and O–H groups in total. The lowest BCUT2D eigenvalue weighted by Crippen LogP contribution is -2.52. The molecule has 0 aliphatic rings. The van der Waals surface area contributed by atoms with Gasteiger partial charge in [0.15, 0.2) is 0 Å². The third kappa shape index (κ3) is 14.7. The van der Waals surface area contributed by atoms with E-state index in [9.17, 15) is 13.5 Å². The van der Waals surface area contributed by atoms with Crippen LogP contribution < -0.4 is 5.73 Å². The molecule has 0 unspecified atom stereocenters. The molecule has 0 saturated heterocycles. The molecule has 0 spiro atoms. The topological polar surface area (TPSA) is 101 Å². The molecular weight excluding hydrogens is 194 g/mol. The van der Waals surface area contributed by atoms with E-state index in [1.165, 1.54) is 0 Å². The maximum atomic E-state index is 9.23. The van der Waals surface area contributed by atoms with Gasteiger partial charge in [-0.3, -0.25) is 4.55 Å². The van der Waals surface area contributed by atoms with E-state index in [0.717, 1.165) is 0 Å². The van der Waals surface area contributed by atoms with Crippen molar-refractivity contribution >= 4 is 10.1 Å². The molecule has 0 aliphatic carbocycles. The molecule has 0 fully saturated rings. The van der Waals surface area contributed by atoms with Gasteiger partial charge < -0.3 is 10.8 Å². The zero-order valence-corrected chi connectivity index (χ0v) is 9.51. The molecular formula is C7H19NO4S.